The molecule has 0 aliphatic heterocycles. The summed E-state index contributed by atoms with van der Waals surface area (Å²) in [5.74, 6) is -0.947. The van der Waals surface area contributed by atoms with Gasteiger partial charge in [-0.1, -0.05) is 275 Å². The molecule has 0 saturated carbocycles. The number of carbonyl (C=O) groups excluding carboxylic acids is 3. The first-order valence-electron chi connectivity index (χ1n) is 33.5. The summed E-state index contributed by atoms with van der Waals surface area (Å²) in [6, 6.07) is 0. The predicted octanol–water partition coefficient (Wildman–Crippen LogP) is 23.3. The van der Waals surface area contributed by atoms with Crippen LogP contribution < -0.4 is 0 Å². The highest BCUT2D eigenvalue weighted by molar-refractivity contribution is 5.71. The second kappa shape index (κ2) is 68.5. The standard InChI is InChI=1S/C76H122O6/c1-4-7-10-13-16-19-22-25-27-29-31-33-35-37-38-40-41-43-45-47-49-51-54-57-60-63-66-69-75(78)81-72-73(71-80-74(77)68-65-62-59-56-53-24-21-18-15-12-9-6-3)82-76(79)70-67-64-61-58-55-52-50-48-46-44-42-39-36-34-32-30-28-26-23-20-17-14-11-8-5-2/h7-8,10-11,16-21,25-28,31-34,37-39,42,46,48,52,55,73H,4-6,9,12-15,22-24,29-30,35-36,40-41,43-45,47,49-51,53-54,56-72H2,1-3H3/b10-7-,11-8-,19-16-,20-17-,21-18-,27-25-,28-26-,33-31-,34-32-,38-37-,42-39-,48-46-,55-52-. The van der Waals surface area contributed by atoms with E-state index in [-0.39, 0.29) is 37.5 Å². The Balaban J connectivity index is 4.39. The lowest BCUT2D eigenvalue weighted by Crippen LogP contribution is -2.30. The highest BCUT2D eigenvalue weighted by atomic mass is 16.6. The molecule has 0 bridgehead atoms. The molecule has 0 aromatic rings. The van der Waals surface area contributed by atoms with Gasteiger partial charge >= 0.3 is 17.9 Å². The molecule has 0 rings (SSSR count). The van der Waals surface area contributed by atoms with Crippen LogP contribution in [0.25, 0.3) is 0 Å². The molecule has 0 aromatic heterocycles. The van der Waals surface area contributed by atoms with Crippen molar-refractivity contribution in [1.29, 1.82) is 0 Å². The van der Waals surface area contributed by atoms with Crippen LogP contribution in [0.1, 0.15) is 284 Å². The molecule has 0 aliphatic carbocycles. The second-order valence-electron chi connectivity index (χ2n) is 21.6. The molecule has 0 aliphatic rings. The van der Waals surface area contributed by atoms with Crippen LogP contribution in [0, 0.1) is 0 Å². The minimum atomic E-state index is -0.809. The molecule has 0 N–H and O–H groups in total. The van der Waals surface area contributed by atoms with Gasteiger partial charge in [0.25, 0.3) is 0 Å². The monoisotopic (exact) mass is 1130 g/mol. The van der Waals surface area contributed by atoms with Gasteiger partial charge in [0.1, 0.15) is 13.2 Å². The maximum absolute atomic E-state index is 12.9. The molecule has 0 spiro atoms. The van der Waals surface area contributed by atoms with Gasteiger partial charge in [-0.05, 0) is 148 Å². The Morgan fingerprint density at radius 1 is 0.256 bits per heavy atom. The molecule has 0 saturated heterocycles. The molecule has 0 heterocycles. The van der Waals surface area contributed by atoms with Gasteiger partial charge in [-0.3, -0.25) is 14.4 Å². The van der Waals surface area contributed by atoms with Crippen molar-refractivity contribution < 1.29 is 28.6 Å². The fourth-order valence-electron chi connectivity index (χ4n) is 8.80. The van der Waals surface area contributed by atoms with Crippen molar-refractivity contribution in [2.75, 3.05) is 13.2 Å². The maximum atomic E-state index is 12.9. The second-order valence-corrected chi connectivity index (χ2v) is 21.6. The van der Waals surface area contributed by atoms with E-state index in [1.807, 2.05) is 0 Å². The minimum absolute atomic E-state index is 0.101. The summed E-state index contributed by atoms with van der Waals surface area (Å²) in [5, 5.41) is 0. The molecule has 6 heteroatoms. The molecule has 0 fully saturated rings. The molecular weight excluding hydrogens is 1010 g/mol. The van der Waals surface area contributed by atoms with E-state index in [0.717, 1.165) is 148 Å². The van der Waals surface area contributed by atoms with Gasteiger partial charge in [0.2, 0.25) is 0 Å². The number of rotatable bonds is 59. The molecule has 462 valence electrons. The lowest BCUT2D eigenvalue weighted by atomic mass is 10.0. The summed E-state index contributed by atoms with van der Waals surface area (Å²) < 4.78 is 16.9. The zero-order valence-corrected chi connectivity index (χ0v) is 52.9. The van der Waals surface area contributed by atoms with Crippen LogP contribution in [-0.4, -0.2) is 37.2 Å². The van der Waals surface area contributed by atoms with Crippen molar-refractivity contribution >= 4 is 17.9 Å². The van der Waals surface area contributed by atoms with Crippen molar-refractivity contribution in [2.24, 2.45) is 0 Å². The van der Waals surface area contributed by atoms with Gasteiger partial charge in [0.05, 0.1) is 0 Å². The van der Waals surface area contributed by atoms with E-state index >= 15 is 0 Å². The number of allylic oxidation sites excluding steroid dienone is 26. The normalized spacial score (nSPS) is 13.2. The average molecular weight is 1130 g/mol. The van der Waals surface area contributed by atoms with Crippen LogP contribution in [0.3, 0.4) is 0 Å². The van der Waals surface area contributed by atoms with E-state index in [2.05, 4.69) is 179 Å². The first-order valence-corrected chi connectivity index (χ1v) is 33.5. The van der Waals surface area contributed by atoms with Gasteiger partial charge in [-0.25, -0.2) is 0 Å². The van der Waals surface area contributed by atoms with E-state index in [1.54, 1.807) is 0 Å². The van der Waals surface area contributed by atoms with E-state index in [9.17, 15) is 14.4 Å². The number of esters is 3. The Bertz CT molecular complexity index is 1830. The summed E-state index contributed by atoms with van der Waals surface area (Å²) in [4.78, 5) is 38.3. The van der Waals surface area contributed by atoms with Crippen LogP contribution in [0.4, 0.5) is 0 Å². The molecule has 1 atom stereocenters. The van der Waals surface area contributed by atoms with Crippen molar-refractivity contribution in [3.8, 4) is 0 Å². The van der Waals surface area contributed by atoms with Crippen LogP contribution in [0.5, 0.6) is 0 Å². The Hall–Kier alpha value is -4.97. The van der Waals surface area contributed by atoms with Crippen LogP contribution in [0.15, 0.2) is 158 Å². The Morgan fingerprint density at radius 2 is 0.476 bits per heavy atom. The molecule has 0 aromatic carbocycles. The van der Waals surface area contributed by atoms with Gasteiger partial charge in [0.15, 0.2) is 6.10 Å². The average Bonchev–Trinajstić information content (AvgIpc) is 3.47. The third kappa shape index (κ3) is 65.8. The van der Waals surface area contributed by atoms with Crippen LogP contribution >= 0.6 is 0 Å². The largest absolute Gasteiger partial charge is 0.462 e. The number of ether oxygens (including phenoxy) is 3. The summed E-state index contributed by atoms with van der Waals surface area (Å²) >= 11 is 0. The Labute approximate surface area is 505 Å². The van der Waals surface area contributed by atoms with Crippen LogP contribution in [0.2, 0.25) is 0 Å². The van der Waals surface area contributed by atoms with Gasteiger partial charge < -0.3 is 14.2 Å². The van der Waals surface area contributed by atoms with E-state index in [4.69, 9.17) is 14.2 Å². The summed E-state index contributed by atoms with van der Waals surface area (Å²) in [5.41, 5.74) is 0. The smallest absolute Gasteiger partial charge is 0.306 e. The van der Waals surface area contributed by atoms with Gasteiger partial charge in [-0.2, -0.15) is 0 Å². The zero-order valence-electron chi connectivity index (χ0n) is 52.9. The number of hydrogen-bond acceptors (Lipinski definition) is 6. The van der Waals surface area contributed by atoms with Crippen molar-refractivity contribution in [2.45, 2.75) is 290 Å². The lowest BCUT2D eigenvalue weighted by Gasteiger charge is -2.18. The molecule has 1 unspecified atom stereocenters. The SMILES string of the molecule is CC/C=C\C/C=C\C/C=C\C/C=C\C/C=C\C/C=C\C/C=C\CCCCCC(=O)OC(COC(=O)CCCCCCC/C=C\CCCCC)COC(=O)CCCCCCCCCCCCC/C=C\C/C=C\C/C=C\C/C=C\C/C=C\CC. The summed E-state index contributed by atoms with van der Waals surface area (Å²) in [7, 11) is 0. The number of hydrogen-bond donors (Lipinski definition) is 0. The van der Waals surface area contributed by atoms with Crippen molar-refractivity contribution in [3.63, 3.8) is 0 Å². The topological polar surface area (TPSA) is 78.9 Å². The van der Waals surface area contributed by atoms with E-state index in [0.29, 0.717) is 19.3 Å². The highest BCUT2D eigenvalue weighted by Gasteiger charge is 2.19. The van der Waals surface area contributed by atoms with Crippen molar-refractivity contribution in [3.05, 3.63) is 158 Å². The molecule has 6 nitrogen and oxygen atoms in total. The minimum Gasteiger partial charge on any atom is -0.462 e. The Morgan fingerprint density at radius 3 is 0.768 bits per heavy atom. The summed E-state index contributed by atoms with van der Waals surface area (Å²) in [6.45, 7) is 6.35. The predicted molar refractivity (Wildman–Crippen MR) is 357 cm³/mol. The van der Waals surface area contributed by atoms with Crippen molar-refractivity contribution in [1.82, 2.24) is 0 Å². The molecule has 82 heavy (non-hydrogen) atoms. The quantitative estimate of drug-likeness (QED) is 0.0261. The third-order valence-corrected chi connectivity index (χ3v) is 13.7. The molecule has 0 radical (unpaired) electrons. The zero-order chi connectivity index (χ0) is 59.2. The summed E-state index contributed by atoms with van der Waals surface area (Å²) in [6.07, 6.45) is 99.7. The maximum Gasteiger partial charge on any atom is 0.306 e. The first kappa shape index (κ1) is 77.0. The fourth-order valence-corrected chi connectivity index (χ4v) is 8.80. The van der Waals surface area contributed by atoms with E-state index < -0.39 is 6.10 Å². The van der Waals surface area contributed by atoms with Gasteiger partial charge in [0, 0.05) is 19.3 Å². The highest BCUT2D eigenvalue weighted by Crippen LogP contribution is 2.15. The lowest BCUT2D eigenvalue weighted by molar-refractivity contribution is -0.167. The molecular formula is C76H122O6. The number of unbranched alkanes of at least 4 members (excludes halogenated alkanes) is 22. The first-order chi connectivity index (χ1) is 40.5. The van der Waals surface area contributed by atoms with Crippen LogP contribution in [-0.2, 0) is 28.6 Å². The molecule has 0 amide bonds. The van der Waals surface area contributed by atoms with Gasteiger partial charge in [-0.15, -0.1) is 0 Å². The third-order valence-electron chi connectivity index (χ3n) is 13.7. The number of carbonyl (C=O) groups is 3. The Kier molecular flexibility index (Phi) is 64.4. The fraction of sp³-hybridized carbons (Fsp3) is 0.618. The van der Waals surface area contributed by atoms with E-state index in [1.165, 1.54) is 89.9 Å².